The molecule has 0 heterocycles. The second kappa shape index (κ2) is 11.9. The van der Waals surface area contributed by atoms with E-state index in [0.29, 0.717) is 6.26 Å². The molecule has 0 aromatic heterocycles. The number of carbonyl (C=O) groups excluding carboxylic acids is 5. The molecule has 198 valence electrons. The molecule has 14 heteroatoms. The standard InChI is InChI=1S/C22H26O13S/c1-11(23)30-16-17(31-12(2)24)19(33-14(4)26)21(35-36(5,28)29)20(18(16)32-13(3)25)34-22(27)15-9-7-6-8-10-15/h6-10,16-21H,1-5H3. The molecule has 1 fully saturated rings. The van der Waals surface area contributed by atoms with Gasteiger partial charge >= 0.3 is 29.8 Å². The average molecular weight is 531 g/mol. The largest absolute Gasteiger partial charge is 0.455 e. The van der Waals surface area contributed by atoms with E-state index in [2.05, 4.69) is 0 Å². The second-order valence-corrected chi connectivity index (χ2v) is 9.40. The first kappa shape index (κ1) is 28.7. The molecule has 2 rings (SSSR count). The Hall–Kier alpha value is -3.52. The molecule has 0 aliphatic heterocycles. The predicted molar refractivity (Wildman–Crippen MR) is 118 cm³/mol. The Kier molecular flexibility index (Phi) is 9.53. The summed E-state index contributed by atoms with van der Waals surface area (Å²) < 4.78 is 55.8. The highest BCUT2D eigenvalue weighted by Gasteiger charge is 2.60. The van der Waals surface area contributed by atoms with Gasteiger partial charge in [-0.3, -0.25) is 23.4 Å². The lowest BCUT2D eigenvalue weighted by atomic mass is 9.83. The molecule has 0 spiro atoms. The molecule has 1 saturated carbocycles. The number of rotatable bonds is 8. The van der Waals surface area contributed by atoms with Gasteiger partial charge in [-0.05, 0) is 12.1 Å². The molecular weight excluding hydrogens is 504 g/mol. The minimum atomic E-state index is -4.34. The molecule has 1 aromatic carbocycles. The van der Waals surface area contributed by atoms with Crippen LogP contribution in [0.5, 0.6) is 0 Å². The molecule has 0 saturated heterocycles. The van der Waals surface area contributed by atoms with Crippen molar-refractivity contribution in [2.24, 2.45) is 0 Å². The SMILES string of the molecule is CC(=O)OC1C(OC(C)=O)C(OC(C)=O)C(OS(C)(=O)=O)C(OC(=O)c2ccccc2)C1OC(C)=O. The minimum Gasteiger partial charge on any atom is -0.455 e. The van der Waals surface area contributed by atoms with Crippen molar-refractivity contribution in [3.05, 3.63) is 35.9 Å². The Morgan fingerprint density at radius 2 is 0.917 bits per heavy atom. The smallest absolute Gasteiger partial charge is 0.338 e. The average Bonchev–Trinajstić information content (AvgIpc) is 2.74. The second-order valence-electron chi connectivity index (χ2n) is 7.80. The Morgan fingerprint density at radius 1 is 0.583 bits per heavy atom. The van der Waals surface area contributed by atoms with E-state index in [9.17, 15) is 32.4 Å². The zero-order valence-electron chi connectivity index (χ0n) is 20.1. The van der Waals surface area contributed by atoms with E-state index in [0.717, 1.165) is 27.7 Å². The molecule has 6 atom stereocenters. The zero-order valence-corrected chi connectivity index (χ0v) is 20.9. The summed E-state index contributed by atoms with van der Waals surface area (Å²) in [7, 11) is -4.34. The van der Waals surface area contributed by atoms with Crippen LogP contribution in [0.3, 0.4) is 0 Å². The molecule has 0 radical (unpaired) electrons. The topological polar surface area (TPSA) is 175 Å². The molecular formula is C22H26O13S. The van der Waals surface area contributed by atoms with Gasteiger partial charge in [0, 0.05) is 27.7 Å². The maximum absolute atomic E-state index is 12.9. The van der Waals surface area contributed by atoms with Gasteiger partial charge in [-0.15, -0.1) is 0 Å². The zero-order chi connectivity index (χ0) is 27.2. The van der Waals surface area contributed by atoms with E-state index in [1.165, 1.54) is 24.3 Å². The van der Waals surface area contributed by atoms with Gasteiger partial charge in [-0.1, -0.05) is 18.2 Å². The molecule has 0 amide bonds. The van der Waals surface area contributed by atoms with Gasteiger partial charge in [0.25, 0.3) is 10.1 Å². The monoisotopic (exact) mass is 530 g/mol. The van der Waals surface area contributed by atoms with Gasteiger partial charge in [0.2, 0.25) is 0 Å². The molecule has 1 aliphatic rings. The maximum atomic E-state index is 12.9. The van der Waals surface area contributed by atoms with Crippen LogP contribution in [0.4, 0.5) is 0 Å². The summed E-state index contributed by atoms with van der Waals surface area (Å²) in [5.41, 5.74) is 0.0346. The van der Waals surface area contributed by atoms with Gasteiger partial charge in [0.15, 0.2) is 36.6 Å². The third-order valence-corrected chi connectivity index (χ3v) is 5.26. The third kappa shape index (κ3) is 8.02. The fourth-order valence-electron chi connectivity index (χ4n) is 3.64. The maximum Gasteiger partial charge on any atom is 0.338 e. The predicted octanol–water partition coefficient (Wildman–Crippen LogP) is 0.297. The van der Waals surface area contributed by atoms with Crippen LogP contribution in [-0.2, 0) is 57.2 Å². The molecule has 0 bridgehead atoms. The summed E-state index contributed by atoms with van der Waals surface area (Å²) in [4.78, 5) is 60.6. The van der Waals surface area contributed by atoms with E-state index < -0.39 is 76.6 Å². The van der Waals surface area contributed by atoms with E-state index in [1.807, 2.05) is 0 Å². The Balaban J connectivity index is 2.73. The Bertz CT molecular complexity index is 1100. The van der Waals surface area contributed by atoms with Crippen LogP contribution in [-0.4, -0.2) is 81.1 Å². The summed E-state index contributed by atoms with van der Waals surface area (Å²) in [5.74, 6) is -4.75. The fourth-order valence-corrected chi connectivity index (χ4v) is 4.26. The number of ether oxygens (including phenoxy) is 5. The first-order chi connectivity index (χ1) is 16.7. The van der Waals surface area contributed by atoms with Crippen LogP contribution in [0.2, 0.25) is 0 Å². The van der Waals surface area contributed by atoms with Gasteiger partial charge in [-0.2, -0.15) is 8.42 Å². The van der Waals surface area contributed by atoms with E-state index in [-0.39, 0.29) is 5.56 Å². The van der Waals surface area contributed by atoms with Crippen LogP contribution in [0.25, 0.3) is 0 Å². The molecule has 1 aliphatic carbocycles. The van der Waals surface area contributed by atoms with E-state index in [1.54, 1.807) is 6.07 Å². The van der Waals surface area contributed by atoms with Crippen molar-refractivity contribution in [3.8, 4) is 0 Å². The highest BCUT2D eigenvalue weighted by Crippen LogP contribution is 2.35. The van der Waals surface area contributed by atoms with Gasteiger partial charge < -0.3 is 23.7 Å². The van der Waals surface area contributed by atoms with Crippen LogP contribution >= 0.6 is 0 Å². The molecule has 36 heavy (non-hydrogen) atoms. The fraction of sp³-hybridized carbons (Fsp3) is 0.500. The summed E-state index contributed by atoms with van der Waals surface area (Å²) in [6, 6.07) is 7.49. The number of hydrogen-bond acceptors (Lipinski definition) is 13. The highest BCUT2D eigenvalue weighted by atomic mass is 32.2. The number of carbonyl (C=O) groups is 5. The molecule has 13 nitrogen and oxygen atoms in total. The normalized spacial score (nSPS) is 25.7. The van der Waals surface area contributed by atoms with Crippen molar-refractivity contribution < 1.29 is 60.3 Å². The molecule has 6 unspecified atom stereocenters. The van der Waals surface area contributed by atoms with Crippen molar-refractivity contribution in [2.45, 2.75) is 64.3 Å². The number of benzene rings is 1. The molecule has 1 aromatic rings. The van der Waals surface area contributed by atoms with Gasteiger partial charge in [0.1, 0.15) is 0 Å². The molecule has 0 N–H and O–H groups in total. The summed E-state index contributed by atoms with van der Waals surface area (Å²) in [5, 5.41) is 0. The summed E-state index contributed by atoms with van der Waals surface area (Å²) >= 11 is 0. The van der Waals surface area contributed by atoms with E-state index >= 15 is 0 Å². The van der Waals surface area contributed by atoms with Gasteiger partial charge in [0.05, 0.1) is 11.8 Å². The summed E-state index contributed by atoms with van der Waals surface area (Å²) in [6.45, 7) is 3.96. The lowest BCUT2D eigenvalue weighted by Gasteiger charge is -2.46. The van der Waals surface area contributed by atoms with Crippen molar-refractivity contribution in [3.63, 3.8) is 0 Å². The highest BCUT2D eigenvalue weighted by molar-refractivity contribution is 7.86. The van der Waals surface area contributed by atoms with Crippen LogP contribution in [0, 0.1) is 0 Å². The van der Waals surface area contributed by atoms with Crippen LogP contribution in [0.15, 0.2) is 30.3 Å². The van der Waals surface area contributed by atoms with Crippen LogP contribution < -0.4 is 0 Å². The first-order valence-electron chi connectivity index (χ1n) is 10.5. The lowest BCUT2D eigenvalue weighted by Crippen LogP contribution is -2.69. The van der Waals surface area contributed by atoms with Crippen molar-refractivity contribution in [2.75, 3.05) is 6.26 Å². The third-order valence-electron chi connectivity index (χ3n) is 4.69. The Morgan fingerprint density at radius 3 is 1.25 bits per heavy atom. The minimum absolute atomic E-state index is 0.0346. The van der Waals surface area contributed by atoms with Gasteiger partial charge in [-0.25, -0.2) is 4.79 Å². The van der Waals surface area contributed by atoms with Crippen LogP contribution in [0.1, 0.15) is 38.1 Å². The first-order valence-corrected chi connectivity index (χ1v) is 12.3. The lowest BCUT2D eigenvalue weighted by molar-refractivity contribution is -0.246. The number of hydrogen-bond donors (Lipinski definition) is 0. The summed E-state index contributed by atoms with van der Waals surface area (Å²) in [6.07, 6.45) is -9.92. The quantitative estimate of drug-likeness (QED) is 0.255. The van der Waals surface area contributed by atoms with Crippen molar-refractivity contribution in [1.82, 2.24) is 0 Å². The number of esters is 5. The van der Waals surface area contributed by atoms with E-state index in [4.69, 9.17) is 27.9 Å². The Labute approximate surface area is 207 Å². The van der Waals surface area contributed by atoms with Crippen molar-refractivity contribution >= 4 is 40.0 Å². The van der Waals surface area contributed by atoms with Crippen molar-refractivity contribution in [1.29, 1.82) is 0 Å².